The Labute approximate surface area is 161 Å². The third-order valence-corrected chi connectivity index (χ3v) is 3.19. The molecule has 2 aromatic carbocycles. The van der Waals surface area contributed by atoms with Crippen molar-refractivity contribution in [2.45, 2.75) is 0 Å². The Balaban J connectivity index is 1.90. The molecule has 0 heterocycles. The molecule has 0 fully saturated rings. The van der Waals surface area contributed by atoms with Gasteiger partial charge in [0, 0.05) is 11.1 Å². The quantitative estimate of drug-likeness (QED) is 0.291. The van der Waals surface area contributed by atoms with Gasteiger partial charge in [0.1, 0.15) is 24.7 Å². The lowest BCUT2D eigenvalue weighted by Crippen LogP contribution is -2.24. The van der Waals surface area contributed by atoms with Gasteiger partial charge in [-0.3, -0.25) is 0 Å². The average molecular weight is 384 g/mol. The van der Waals surface area contributed by atoms with Crippen molar-refractivity contribution < 1.29 is 19.1 Å². The summed E-state index contributed by atoms with van der Waals surface area (Å²) in [5.41, 5.74) is 15.5. The molecule has 0 bridgehead atoms. The molecule has 0 saturated heterocycles. The van der Waals surface area contributed by atoms with Crippen molar-refractivity contribution >= 4 is 24.5 Å². The molecule has 2 rings (SSSR count). The van der Waals surface area contributed by atoms with Crippen LogP contribution in [0.2, 0.25) is 0 Å². The number of amides is 4. The van der Waals surface area contributed by atoms with E-state index in [-0.39, 0.29) is 13.2 Å². The van der Waals surface area contributed by atoms with Crippen LogP contribution in [0.25, 0.3) is 0 Å². The first-order valence-electron chi connectivity index (χ1n) is 8.17. The number of carbonyl (C=O) groups is 2. The third kappa shape index (κ3) is 7.04. The number of nitrogens with one attached hydrogen (secondary N) is 2. The van der Waals surface area contributed by atoms with Gasteiger partial charge in [-0.05, 0) is 24.3 Å². The number of para-hydroxylation sites is 2. The van der Waals surface area contributed by atoms with Gasteiger partial charge < -0.3 is 20.9 Å². The Bertz CT molecular complexity index is 797. The standard InChI is InChI=1S/C18H20N6O4/c19-17(25)23-21-11-13-5-1-3-7-15(13)27-9-10-28-16-8-4-2-6-14(16)12-22-24-18(20)26/h1-8,11-12H,9-10H2,(H3,19,23,25)(H3,20,24,26)/b21-11+,22-12+. The lowest BCUT2D eigenvalue weighted by molar-refractivity contribution is 0.217. The predicted molar refractivity (Wildman–Crippen MR) is 105 cm³/mol. The van der Waals surface area contributed by atoms with Gasteiger partial charge in [0.05, 0.1) is 12.4 Å². The Hall–Kier alpha value is -4.08. The molecule has 0 aliphatic heterocycles. The van der Waals surface area contributed by atoms with Gasteiger partial charge in [0.2, 0.25) is 0 Å². The zero-order valence-electron chi connectivity index (χ0n) is 14.9. The molecule has 0 saturated carbocycles. The molecule has 0 aromatic heterocycles. The average Bonchev–Trinajstić information content (AvgIpc) is 2.67. The lowest BCUT2D eigenvalue weighted by Gasteiger charge is -2.11. The SMILES string of the molecule is NC(=O)N/N=C/c1ccccc1OCCOc1ccccc1/C=N/NC(N)=O. The molecular weight excluding hydrogens is 364 g/mol. The van der Waals surface area contributed by atoms with Crippen molar-refractivity contribution in [1.82, 2.24) is 10.9 Å². The highest BCUT2D eigenvalue weighted by atomic mass is 16.5. The molecule has 28 heavy (non-hydrogen) atoms. The van der Waals surface area contributed by atoms with E-state index in [1.165, 1.54) is 12.4 Å². The van der Waals surface area contributed by atoms with Crippen LogP contribution in [-0.2, 0) is 0 Å². The molecule has 0 atom stereocenters. The second kappa shape index (κ2) is 10.8. The number of nitrogens with two attached hydrogens (primary N) is 2. The van der Waals surface area contributed by atoms with Crippen LogP contribution in [-0.4, -0.2) is 37.7 Å². The zero-order chi connectivity index (χ0) is 20.2. The first-order valence-corrected chi connectivity index (χ1v) is 8.17. The van der Waals surface area contributed by atoms with Crippen LogP contribution in [0.3, 0.4) is 0 Å². The molecule has 0 aliphatic rings. The van der Waals surface area contributed by atoms with E-state index in [2.05, 4.69) is 21.1 Å². The van der Waals surface area contributed by atoms with Gasteiger partial charge in [-0.1, -0.05) is 24.3 Å². The lowest BCUT2D eigenvalue weighted by atomic mass is 10.2. The smallest absolute Gasteiger partial charge is 0.332 e. The summed E-state index contributed by atoms with van der Waals surface area (Å²) in [6.45, 7) is 0.526. The predicted octanol–water partition coefficient (Wildman–Crippen LogP) is 1.15. The minimum absolute atomic E-state index is 0.263. The summed E-state index contributed by atoms with van der Waals surface area (Å²) in [5.74, 6) is 1.14. The number of nitrogens with zero attached hydrogens (tertiary/aromatic N) is 2. The molecule has 6 N–H and O–H groups in total. The van der Waals surface area contributed by atoms with Crippen molar-refractivity contribution in [3.63, 3.8) is 0 Å². The van der Waals surface area contributed by atoms with Crippen molar-refractivity contribution in [1.29, 1.82) is 0 Å². The fraction of sp³-hybridized carbons (Fsp3) is 0.111. The number of urea groups is 2. The van der Waals surface area contributed by atoms with Crippen molar-refractivity contribution in [3.05, 3.63) is 59.7 Å². The van der Waals surface area contributed by atoms with Gasteiger partial charge in [-0.25, -0.2) is 20.4 Å². The third-order valence-electron chi connectivity index (χ3n) is 3.19. The maximum atomic E-state index is 10.7. The summed E-state index contributed by atoms with van der Waals surface area (Å²) in [7, 11) is 0. The van der Waals surface area contributed by atoms with Crippen LogP contribution < -0.4 is 31.8 Å². The Morgan fingerprint density at radius 2 is 1.18 bits per heavy atom. The number of benzene rings is 2. The van der Waals surface area contributed by atoms with Gasteiger partial charge >= 0.3 is 12.1 Å². The molecule has 10 nitrogen and oxygen atoms in total. The highest BCUT2D eigenvalue weighted by molar-refractivity contribution is 5.85. The number of rotatable bonds is 9. The van der Waals surface area contributed by atoms with Crippen molar-refractivity contribution in [2.75, 3.05) is 13.2 Å². The van der Waals surface area contributed by atoms with Crippen LogP contribution in [0, 0.1) is 0 Å². The van der Waals surface area contributed by atoms with Crippen LogP contribution in [0.4, 0.5) is 9.59 Å². The first kappa shape index (κ1) is 20.2. The molecule has 146 valence electrons. The van der Waals surface area contributed by atoms with Crippen molar-refractivity contribution in [3.8, 4) is 11.5 Å². The van der Waals surface area contributed by atoms with Gasteiger partial charge in [0.15, 0.2) is 0 Å². The Kier molecular flexibility index (Phi) is 7.81. The molecule has 10 heteroatoms. The Morgan fingerprint density at radius 1 is 0.786 bits per heavy atom. The summed E-state index contributed by atoms with van der Waals surface area (Å²) in [6.07, 6.45) is 2.86. The number of primary amides is 2. The number of carbonyl (C=O) groups excluding carboxylic acids is 2. The van der Waals surface area contributed by atoms with E-state index >= 15 is 0 Å². The van der Waals surface area contributed by atoms with E-state index in [1.807, 2.05) is 24.3 Å². The minimum atomic E-state index is -0.753. The van der Waals surface area contributed by atoms with Crippen LogP contribution in [0.15, 0.2) is 58.7 Å². The topological polar surface area (TPSA) is 153 Å². The second-order valence-electron chi connectivity index (χ2n) is 5.24. The summed E-state index contributed by atoms with van der Waals surface area (Å²) < 4.78 is 11.4. The van der Waals surface area contributed by atoms with E-state index < -0.39 is 12.1 Å². The highest BCUT2D eigenvalue weighted by Crippen LogP contribution is 2.17. The number of hydrogen-bond donors (Lipinski definition) is 4. The molecule has 4 amide bonds. The number of ether oxygens (including phenoxy) is 2. The summed E-state index contributed by atoms with van der Waals surface area (Å²) >= 11 is 0. The van der Waals surface area contributed by atoms with E-state index in [1.54, 1.807) is 24.3 Å². The van der Waals surface area contributed by atoms with Gasteiger partial charge in [-0.2, -0.15) is 10.2 Å². The monoisotopic (exact) mass is 384 g/mol. The summed E-state index contributed by atoms with van der Waals surface area (Å²) in [6, 6.07) is 12.8. The molecule has 0 spiro atoms. The summed E-state index contributed by atoms with van der Waals surface area (Å²) in [4.78, 5) is 21.3. The number of hydrazone groups is 2. The van der Waals surface area contributed by atoms with Crippen LogP contribution >= 0.6 is 0 Å². The van der Waals surface area contributed by atoms with E-state index in [9.17, 15) is 9.59 Å². The van der Waals surface area contributed by atoms with Gasteiger partial charge in [-0.15, -0.1) is 0 Å². The largest absolute Gasteiger partial charge is 0.489 e. The maximum absolute atomic E-state index is 10.7. The fourth-order valence-electron chi connectivity index (χ4n) is 2.07. The van der Waals surface area contributed by atoms with E-state index in [4.69, 9.17) is 20.9 Å². The second-order valence-corrected chi connectivity index (χ2v) is 5.24. The molecule has 0 radical (unpaired) electrons. The van der Waals surface area contributed by atoms with E-state index in [0.717, 1.165) is 0 Å². The first-order chi connectivity index (χ1) is 13.6. The minimum Gasteiger partial charge on any atom is -0.489 e. The van der Waals surface area contributed by atoms with Crippen molar-refractivity contribution in [2.24, 2.45) is 21.7 Å². The molecular formula is C18H20N6O4. The molecule has 2 aromatic rings. The van der Waals surface area contributed by atoms with Gasteiger partial charge in [0.25, 0.3) is 0 Å². The fourth-order valence-corrected chi connectivity index (χ4v) is 2.07. The summed E-state index contributed by atoms with van der Waals surface area (Å²) in [5, 5.41) is 7.43. The highest BCUT2D eigenvalue weighted by Gasteiger charge is 2.03. The van der Waals surface area contributed by atoms with Crippen LogP contribution in [0.1, 0.15) is 11.1 Å². The maximum Gasteiger partial charge on any atom is 0.332 e. The van der Waals surface area contributed by atoms with Crippen LogP contribution in [0.5, 0.6) is 11.5 Å². The Morgan fingerprint density at radius 3 is 1.57 bits per heavy atom. The van der Waals surface area contributed by atoms with E-state index in [0.29, 0.717) is 22.6 Å². The number of hydrogen-bond acceptors (Lipinski definition) is 6. The normalized spacial score (nSPS) is 10.7. The molecule has 0 unspecified atom stereocenters. The molecule has 0 aliphatic carbocycles. The zero-order valence-corrected chi connectivity index (χ0v) is 14.9.